The highest BCUT2D eigenvalue weighted by Gasteiger charge is 2.46. The zero-order valence-electron chi connectivity index (χ0n) is 28.4. The fourth-order valence-corrected chi connectivity index (χ4v) is 6.06. The Kier molecular flexibility index (Phi) is 12.4. The summed E-state index contributed by atoms with van der Waals surface area (Å²) in [4.78, 5) is 59.7. The van der Waals surface area contributed by atoms with Crippen molar-refractivity contribution in [2.75, 3.05) is 45.7 Å². The van der Waals surface area contributed by atoms with E-state index in [1.807, 2.05) is 12.4 Å². The van der Waals surface area contributed by atoms with Gasteiger partial charge in [0.25, 0.3) is 5.91 Å². The minimum atomic E-state index is -4.16. The van der Waals surface area contributed by atoms with E-state index in [4.69, 9.17) is 4.74 Å². The van der Waals surface area contributed by atoms with Crippen LogP contribution in [0.3, 0.4) is 0 Å². The van der Waals surface area contributed by atoms with Gasteiger partial charge in [-0.25, -0.2) is 18.2 Å². The number of ether oxygens (including phenoxy) is 1. The number of nitrogens with zero attached hydrogens (tertiary/aromatic N) is 3. The van der Waals surface area contributed by atoms with Crippen molar-refractivity contribution in [3.05, 3.63) is 53.5 Å². The molecule has 3 atom stereocenters. The fourth-order valence-electron chi connectivity index (χ4n) is 6.06. The number of hydrogen-bond donors (Lipinski definition) is 3. The van der Waals surface area contributed by atoms with Gasteiger partial charge < -0.3 is 30.5 Å². The summed E-state index contributed by atoms with van der Waals surface area (Å²) in [5.74, 6) is -13.4. The van der Waals surface area contributed by atoms with Crippen LogP contribution in [0.25, 0.3) is 0 Å². The van der Waals surface area contributed by atoms with Gasteiger partial charge in [-0.2, -0.15) is 8.78 Å². The van der Waals surface area contributed by atoms with Gasteiger partial charge in [-0.15, -0.1) is 0 Å². The number of aromatic nitrogens is 1. The Bertz CT molecular complexity index is 1530. The molecule has 11 nitrogen and oxygen atoms in total. The van der Waals surface area contributed by atoms with Gasteiger partial charge in [-0.3, -0.25) is 19.2 Å². The predicted molar refractivity (Wildman–Crippen MR) is 173 cm³/mol. The second-order valence-corrected chi connectivity index (χ2v) is 12.9. The number of amides is 4. The van der Waals surface area contributed by atoms with Crippen molar-refractivity contribution in [1.82, 2.24) is 25.4 Å². The molecule has 4 amide bonds. The Morgan fingerprint density at radius 2 is 1.70 bits per heavy atom. The highest BCUT2D eigenvalue weighted by molar-refractivity contribution is 5.98. The van der Waals surface area contributed by atoms with Crippen LogP contribution in [0.2, 0.25) is 0 Å². The van der Waals surface area contributed by atoms with Crippen LogP contribution in [-0.4, -0.2) is 96.8 Å². The number of methoxy groups -OCH3 is 1. The second kappa shape index (κ2) is 16.1. The molecule has 0 radical (unpaired) electrons. The Morgan fingerprint density at radius 1 is 1.04 bits per heavy atom. The van der Waals surface area contributed by atoms with Crippen molar-refractivity contribution in [3.8, 4) is 5.88 Å². The third kappa shape index (κ3) is 9.25. The molecule has 0 unspecified atom stereocenters. The Labute approximate surface area is 287 Å². The van der Waals surface area contributed by atoms with Gasteiger partial charge in [-0.05, 0) is 49.6 Å². The van der Waals surface area contributed by atoms with Gasteiger partial charge in [-0.1, -0.05) is 19.9 Å². The summed E-state index contributed by atoms with van der Waals surface area (Å²) in [6, 6.07) is 3.09. The van der Waals surface area contributed by atoms with E-state index in [9.17, 15) is 28.0 Å². The molecule has 2 aliphatic rings. The number of pyridine rings is 1. The van der Waals surface area contributed by atoms with Crippen molar-refractivity contribution in [2.45, 2.75) is 75.8 Å². The van der Waals surface area contributed by atoms with Crippen LogP contribution in [-0.2, 0) is 25.1 Å². The Hall–Kier alpha value is -4.34. The molecule has 0 bridgehead atoms. The number of likely N-dealkylation sites (N-methyl/N-ethyl adjacent to an activating group) is 1. The predicted octanol–water partition coefficient (Wildman–Crippen LogP) is 4.04. The van der Waals surface area contributed by atoms with Crippen molar-refractivity contribution >= 4 is 29.3 Å². The maximum atomic E-state index is 15.6. The number of hydrogen-bond acceptors (Lipinski definition) is 7. The first-order valence-corrected chi connectivity index (χ1v) is 16.5. The molecule has 50 heavy (non-hydrogen) atoms. The number of alkyl halides is 4. The maximum Gasteiger partial charge on any atom is 0.351 e. The summed E-state index contributed by atoms with van der Waals surface area (Å²) in [6.45, 7) is 5.51. The van der Waals surface area contributed by atoms with E-state index in [2.05, 4.69) is 20.5 Å². The molecular weight excluding hydrogens is 667 g/mol. The second-order valence-electron chi connectivity index (χ2n) is 12.9. The zero-order valence-corrected chi connectivity index (χ0v) is 28.4. The largest absolute Gasteiger partial charge is 0.481 e. The molecule has 16 heteroatoms. The van der Waals surface area contributed by atoms with Crippen molar-refractivity contribution in [2.24, 2.45) is 5.92 Å². The molecule has 4 rings (SSSR count). The molecule has 1 aromatic carbocycles. The number of carbonyl (C=O) groups excluding carboxylic acids is 4. The van der Waals surface area contributed by atoms with E-state index in [0.29, 0.717) is 31.7 Å². The standard InChI is InChI=1S/C34H43F5N6O5/c1-5-26(46)42-28(31(48)45-16-14-44(3)15-17-45)20(2)22-6-8-25(24(35)18-22)41-30(47)29(21-10-12-33(36,37)13-11-21)43-32(49)34(38,39)23-7-9-27(50-4)40-19-23/h6-9,18-21,28-29H,5,10-17H2,1-4H3,(H,41,47)(H,42,46)(H,43,49)/t20-,28+,29-/m0/s1. The summed E-state index contributed by atoms with van der Waals surface area (Å²) in [7, 11) is 3.21. The fraction of sp³-hybridized carbons (Fsp3) is 0.559. The van der Waals surface area contributed by atoms with Crippen LogP contribution in [0.4, 0.5) is 27.6 Å². The Balaban J connectivity index is 1.54. The smallest absolute Gasteiger partial charge is 0.351 e. The summed E-state index contributed by atoms with van der Waals surface area (Å²) in [5, 5.41) is 7.08. The molecule has 2 heterocycles. The summed E-state index contributed by atoms with van der Waals surface area (Å²) < 4.78 is 78.8. The number of halogens is 5. The van der Waals surface area contributed by atoms with Crippen LogP contribution in [0.15, 0.2) is 36.5 Å². The normalized spacial score (nSPS) is 18.8. The van der Waals surface area contributed by atoms with E-state index in [0.717, 1.165) is 24.4 Å². The lowest BCUT2D eigenvalue weighted by atomic mass is 9.81. The van der Waals surface area contributed by atoms with Gasteiger partial charge in [0.1, 0.15) is 17.9 Å². The van der Waals surface area contributed by atoms with Crippen LogP contribution >= 0.6 is 0 Å². The first kappa shape index (κ1) is 38.5. The number of nitrogens with one attached hydrogen (secondary N) is 3. The summed E-state index contributed by atoms with van der Waals surface area (Å²) in [6.07, 6.45) is -0.904. The monoisotopic (exact) mass is 710 g/mol. The number of rotatable bonds is 12. The lowest BCUT2D eigenvalue weighted by Gasteiger charge is -2.36. The third-order valence-electron chi connectivity index (χ3n) is 9.39. The van der Waals surface area contributed by atoms with E-state index in [-0.39, 0.29) is 42.6 Å². The number of carbonyl (C=O) groups is 4. The van der Waals surface area contributed by atoms with Gasteiger partial charge >= 0.3 is 5.92 Å². The van der Waals surface area contributed by atoms with Gasteiger partial charge in [0, 0.05) is 69.2 Å². The zero-order chi connectivity index (χ0) is 36.8. The number of benzene rings is 1. The molecule has 0 spiro atoms. The lowest BCUT2D eigenvalue weighted by molar-refractivity contribution is -0.150. The van der Waals surface area contributed by atoms with E-state index in [1.165, 1.54) is 19.2 Å². The van der Waals surface area contributed by atoms with Crippen molar-refractivity contribution in [3.63, 3.8) is 0 Å². The van der Waals surface area contributed by atoms with Crippen LogP contribution < -0.4 is 20.7 Å². The molecular formula is C34H43F5N6O5. The molecule has 1 saturated heterocycles. The Morgan fingerprint density at radius 3 is 2.26 bits per heavy atom. The van der Waals surface area contributed by atoms with E-state index in [1.54, 1.807) is 18.7 Å². The quantitative estimate of drug-likeness (QED) is 0.284. The lowest BCUT2D eigenvalue weighted by Crippen LogP contribution is -2.55. The molecule has 1 aromatic heterocycles. The molecule has 3 N–H and O–H groups in total. The van der Waals surface area contributed by atoms with Crippen LogP contribution in [0.5, 0.6) is 5.88 Å². The molecule has 1 aliphatic heterocycles. The molecule has 274 valence electrons. The van der Waals surface area contributed by atoms with E-state index < -0.39 is 71.8 Å². The first-order chi connectivity index (χ1) is 23.6. The van der Waals surface area contributed by atoms with Gasteiger partial charge in [0.2, 0.25) is 29.5 Å². The molecule has 1 aliphatic carbocycles. The number of anilines is 1. The molecule has 2 fully saturated rings. The summed E-state index contributed by atoms with van der Waals surface area (Å²) >= 11 is 0. The summed E-state index contributed by atoms with van der Waals surface area (Å²) in [5.41, 5.74) is -0.825. The van der Waals surface area contributed by atoms with Crippen molar-refractivity contribution < 1.29 is 45.9 Å². The molecule has 2 aromatic rings. The first-order valence-electron chi connectivity index (χ1n) is 16.5. The average molecular weight is 711 g/mol. The SMILES string of the molecule is CCC(=O)N[C@@H](C(=O)N1CCN(C)CC1)[C@@H](C)c1ccc(NC(=O)[C@@H](NC(=O)C(F)(F)c2ccc(OC)nc2)C2CCC(F)(F)CC2)c(F)c1. The third-order valence-corrected chi connectivity index (χ3v) is 9.39. The van der Waals surface area contributed by atoms with E-state index >= 15 is 13.2 Å². The van der Waals surface area contributed by atoms with Crippen LogP contribution in [0.1, 0.15) is 63.0 Å². The van der Waals surface area contributed by atoms with Gasteiger partial charge in [0.15, 0.2) is 0 Å². The number of piperazine rings is 1. The highest BCUT2D eigenvalue weighted by atomic mass is 19.3. The maximum absolute atomic E-state index is 15.6. The minimum Gasteiger partial charge on any atom is -0.481 e. The van der Waals surface area contributed by atoms with Crippen LogP contribution in [0, 0.1) is 11.7 Å². The topological polar surface area (TPSA) is 133 Å². The molecule has 1 saturated carbocycles. The highest BCUT2D eigenvalue weighted by Crippen LogP contribution is 2.38. The minimum absolute atomic E-state index is 0.0237. The van der Waals surface area contributed by atoms with Gasteiger partial charge in [0.05, 0.1) is 12.8 Å². The average Bonchev–Trinajstić information content (AvgIpc) is 3.10. The van der Waals surface area contributed by atoms with Crippen molar-refractivity contribution in [1.29, 1.82) is 0 Å².